The molecule has 0 aliphatic carbocycles. The van der Waals surface area contributed by atoms with Gasteiger partial charge in [-0.1, -0.05) is 6.92 Å². The van der Waals surface area contributed by atoms with Crippen LogP contribution in [-0.2, 0) is 16.7 Å². The molecule has 1 aliphatic rings. The zero-order valence-corrected chi connectivity index (χ0v) is 22.2. The molecule has 0 spiro atoms. The summed E-state index contributed by atoms with van der Waals surface area (Å²) in [6, 6.07) is 6.67. The summed E-state index contributed by atoms with van der Waals surface area (Å²) in [5.41, 5.74) is 1.82. The summed E-state index contributed by atoms with van der Waals surface area (Å²) in [6.07, 6.45) is 1.91. The molecule has 0 unspecified atom stereocenters. The molecule has 4 aromatic rings. The molecule has 1 saturated heterocycles. The number of anilines is 2. The predicted molar refractivity (Wildman–Crippen MR) is 141 cm³/mol. The molecule has 3 aromatic heterocycles. The Morgan fingerprint density at radius 2 is 1.87 bits per heavy atom. The molecular formula is C27H31F2N7O2. The molecule has 9 nitrogen and oxygen atoms in total. The normalized spacial score (nSPS) is 14.3. The summed E-state index contributed by atoms with van der Waals surface area (Å²) in [4.78, 5) is 19.9. The molecule has 38 heavy (non-hydrogen) atoms. The number of halogens is 2. The van der Waals surface area contributed by atoms with Crippen LogP contribution in [0.1, 0.15) is 49.4 Å². The van der Waals surface area contributed by atoms with Crippen LogP contribution in [0.5, 0.6) is 0 Å². The number of pyridine rings is 1. The third-order valence-electron chi connectivity index (χ3n) is 6.58. The first kappa shape index (κ1) is 25.8. The lowest BCUT2D eigenvalue weighted by Gasteiger charge is -2.29. The molecule has 1 N–H and O–H groups in total. The van der Waals surface area contributed by atoms with Gasteiger partial charge in [-0.3, -0.25) is 4.79 Å². The average molecular weight is 524 g/mol. The van der Waals surface area contributed by atoms with Crippen LogP contribution in [0, 0.1) is 18.7 Å². The first-order chi connectivity index (χ1) is 18.1. The Hall–Kier alpha value is -3.86. The second-order valence-electron chi connectivity index (χ2n) is 10.4. The second-order valence-corrected chi connectivity index (χ2v) is 10.4. The number of carbonyl (C=O) groups excluding carboxylic acids is 1. The summed E-state index contributed by atoms with van der Waals surface area (Å²) in [6.45, 7) is 11.8. The quantitative estimate of drug-likeness (QED) is 0.412. The Balaban J connectivity index is 1.56. The lowest BCUT2D eigenvalue weighted by Crippen LogP contribution is -2.37. The van der Waals surface area contributed by atoms with Crippen molar-refractivity contribution in [1.82, 2.24) is 24.4 Å². The van der Waals surface area contributed by atoms with Crippen LogP contribution in [0.3, 0.4) is 0 Å². The number of ether oxygens (including phenoxy) is 1. The third-order valence-corrected chi connectivity index (χ3v) is 6.58. The fraction of sp³-hybridized carbons (Fsp3) is 0.407. The fourth-order valence-electron chi connectivity index (χ4n) is 4.57. The van der Waals surface area contributed by atoms with Gasteiger partial charge in [0.05, 0.1) is 30.5 Å². The van der Waals surface area contributed by atoms with Crippen molar-refractivity contribution in [3.05, 3.63) is 59.2 Å². The number of benzene rings is 1. The van der Waals surface area contributed by atoms with Crippen LogP contribution in [0.15, 0.2) is 30.5 Å². The summed E-state index contributed by atoms with van der Waals surface area (Å²) in [7, 11) is 0. The van der Waals surface area contributed by atoms with E-state index in [1.165, 1.54) is 23.0 Å². The number of hydrogen-bond acceptors (Lipinski definition) is 6. The molecule has 0 atom stereocenters. The van der Waals surface area contributed by atoms with E-state index in [1.807, 2.05) is 23.6 Å². The van der Waals surface area contributed by atoms with E-state index in [2.05, 4.69) is 25.4 Å². The SMILES string of the molecule is CCc1nc2cc(-c3cc(C(=O)Nc4cnn(C(C)(C)C)c4F)c(F)cc3C)cc(N3CCOCC3)n2n1. The van der Waals surface area contributed by atoms with E-state index >= 15 is 4.39 Å². The summed E-state index contributed by atoms with van der Waals surface area (Å²) < 4.78 is 38.4. The number of aromatic nitrogens is 5. The van der Waals surface area contributed by atoms with Gasteiger partial charge < -0.3 is 15.0 Å². The van der Waals surface area contributed by atoms with Crippen molar-refractivity contribution in [3.63, 3.8) is 0 Å². The molecule has 200 valence electrons. The highest BCUT2D eigenvalue weighted by Gasteiger charge is 2.24. The summed E-state index contributed by atoms with van der Waals surface area (Å²) >= 11 is 0. The minimum atomic E-state index is -0.763. The number of nitrogens with one attached hydrogen (secondary N) is 1. The zero-order chi connectivity index (χ0) is 27.2. The maximum absolute atomic E-state index is 15.0. The highest BCUT2D eigenvalue weighted by molar-refractivity contribution is 6.05. The van der Waals surface area contributed by atoms with Crippen LogP contribution < -0.4 is 10.2 Å². The van der Waals surface area contributed by atoms with E-state index in [4.69, 9.17) is 4.74 Å². The Kier molecular flexibility index (Phi) is 6.64. The van der Waals surface area contributed by atoms with E-state index < -0.39 is 23.2 Å². The number of carbonyl (C=O) groups is 1. The van der Waals surface area contributed by atoms with Crippen LogP contribution in [0.2, 0.25) is 0 Å². The van der Waals surface area contributed by atoms with Gasteiger partial charge in [-0.05, 0) is 68.7 Å². The van der Waals surface area contributed by atoms with E-state index in [9.17, 15) is 9.18 Å². The Labute approximate surface area is 219 Å². The summed E-state index contributed by atoms with van der Waals surface area (Å²) in [5.74, 6) is -0.596. The van der Waals surface area contributed by atoms with Crippen molar-refractivity contribution >= 4 is 23.1 Å². The summed E-state index contributed by atoms with van der Waals surface area (Å²) in [5, 5.41) is 11.2. The van der Waals surface area contributed by atoms with Crippen LogP contribution in [0.25, 0.3) is 16.8 Å². The van der Waals surface area contributed by atoms with Crippen molar-refractivity contribution in [1.29, 1.82) is 0 Å². The molecule has 5 rings (SSSR count). The van der Waals surface area contributed by atoms with Crippen molar-refractivity contribution < 1.29 is 18.3 Å². The van der Waals surface area contributed by atoms with Crippen molar-refractivity contribution in [2.75, 3.05) is 36.5 Å². The van der Waals surface area contributed by atoms with Crippen molar-refractivity contribution in [2.45, 2.75) is 46.6 Å². The van der Waals surface area contributed by atoms with E-state index in [1.54, 1.807) is 27.7 Å². The first-order valence-corrected chi connectivity index (χ1v) is 12.6. The minimum absolute atomic E-state index is 0.113. The van der Waals surface area contributed by atoms with Crippen molar-refractivity contribution in [3.8, 4) is 11.1 Å². The second kappa shape index (κ2) is 9.79. The smallest absolute Gasteiger partial charge is 0.258 e. The van der Waals surface area contributed by atoms with Crippen LogP contribution in [-0.4, -0.2) is 56.6 Å². The highest BCUT2D eigenvalue weighted by Crippen LogP contribution is 2.32. The molecule has 0 radical (unpaired) electrons. The Morgan fingerprint density at radius 3 is 2.53 bits per heavy atom. The topological polar surface area (TPSA) is 89.6 Å². The maximum atomic E-state index is 15.0. The van der Waals surface area contributed by atoms with Gasteiger partial charge in [-0.25, -0.2) is 14.1 Å². The maximum Gasteiger partial charge on any atom is 0.258 e. The molecule has 1 amide bonds. The largest absolute Gasteiger partial charge is 0.378 e. The Morgan fingerprint density at radius 1 is 1.13 bits per heavy atom. The number of amides is 1. The standard InChI is InChI=1S/C27H31F2N7O2/c1-6-22-32-23-12-17(13-24(35(23)33-22)34-7-9-38-10-8-34)18-14-19(20(28)11-16(18)2)26(37)31-21-15-30-36(25(21)29)27(3,4)5/h11-15H,6-10H2,1-5H3,(H,31,37). The highest BCUT2D eigenvalue weighted by atomic mass is 19.1. The van der Waals surface area contributed by atoms with Gasteiger partial charge in [-0.2, -0.15) is 14.0 Å². The van der Waals surface area contributed by atoms with E-state index in [0.29, 0.717) is 55.3 Å². The monoisotopic (exact) mass is 523 g/mol. The molecule has 4 heterocycles. The number of rotatable bonds is 5. The number of fused-ring (bicyclic) bond motifs is 1. The predicted octanol–water partition coefficient (Wildman–Crippen LogP) is 4.59. The van der Waals surface area contributed by atoms with Gasteiger partial charge in [0.2, 0.25) is 5.95 Å². The van der Waals surface area contributed by atoms with E-state index in [0.717, 1.165) is 11.4 Å². The van der Waals surface area contributed by atoms with Gasteiger partial charge in [0.1, 0.15) is 17.3 Å². The van der Waals surface area contributed by atoms with Crippen LogP contribution >= 0.6 is 0 Å². The average Bonchev–Trinajstić information content (AvgIpc) is 3.47. The van der Waals surface area contributed by atoms with Gasteiger partial charge in [-0.15, -0.1) is 5.10 Å². The molecule has 0 bridgehead atoms. The van der Waals surface area contributed by atoms with E-state index in [-0.39, 0.29) is 11.3 Å². The molecular weight excluding hydrogens is 492 g/mol. The Bertz CT molecular complexity index is 1510. The lowest BCUT2D eigenvalue weighted by atomic mass is 9.97. The van der Waals surface area contributed by atoms with Gasteiger partial charge in [0, 0.05) is 19.5 Å². The lowest BCUT2D eigenvalue weighted by molar-refractivity contribution is 0.102. The number of aryl methyl sites for hydroxylation is 2. The fourth-order valence-corrected chi connectivity index (χ4v) is 4.57. The first-order valence-electron chi connectivity index (χ1n) is 12.6. The minimum Gasteiger partial charge on any atom is -0.378 e. The number of nitrogens with zero attached hydrogens (tertiary/aromatic N) is 6. The van der Waals surface area contributed by atoms with Gasteiger partial charge in [0.25, 0.3) is 5.91 Å². The number of hydrogen-bond donors (Lipinski definition) is 1. The molecule has 0 saturated carbocycles. The third kappa shape index (κ3) is 4.73. The van der Waals surface area contributed by atoms with Gasteiger partial charge in [0.15, 0.2) is 11.5 Å². The molecule has 1 aromatic carbocycles. The molecule has 1 fully saturated rings. The van der Waals surface area contributed by atoms with Crippen molar-refractivity contribution in [2.24, 2.45) is 0 Å². The molecule has 1 aliphatic heterocycles. The van der Waals surface area contributed by atoms with Gasteiger partial charge >= 0.3 is 0 Å². The van der Waals surface area contributed by atoms with Crippen LogP contribution in [0.4, 0.5) is 20.3 Å². The number of morpholine rings is 1. The zero-order valence-electron chi connectivity index (χ0n) is 22.2. The molecule has 11 heteroatoms.